The van der Waals surface area contributed by atoms with Crippen molar-refractivity contribution in [1.82, 2.24) is 4.72 Å². The van der Waals surface area contributed by atoms with Crippen molar-refractivity contribution in [2.75, 3.05) is 19.4 Å². The maximum absolute atomic E-state index is 12.8. The Kier molecular flexibility index (Phi) is 5.58. The normalized spacial score (nSPS) is 12.1. The Bertz CT molecular complexity index is 892. The number of nitrogens with one attached hydrogen (secondary N) is 1. The van der Waals surface area contributed by atoms with Crippen molar-refractivity contribution in [3.05, 3.63) is 54.3 Å². The average molecular weight is 373 g/mol. The van der Waals surface area contributed by atoms with E-state index in [1.165, 1.54) is 31.4 Å². The highest BCUT2D eigenvalue weighted by atomic mass is 32.2. The molecule has 2 aromatic carbocycles. The summed E-state index contributed by atoms with van der Waals surface area (Å²) in [6, 6.07) is 10.0. The predicted molar refractivity (Wildman–Crippen MR) is 86.6 cm³/mol. The first-order chi connectivity index (χ1) is 11.2. The van der Waals surface area contributed by atoms with Crippen molar-refractivity contribution in [1.29, 1.82) is 0 Å². The lowest BCUT2D eigenvalue weighted by atomic mass is 10.3. The molecule has 0 aromatic heterocycles. The molecule has 0 unspecified atom stereocenters. The second kappa shape index (κ2) is 7.29. The van der Waals surface area contributed by atoms with E-state index in [9.17, 15) is 21.2 Å². The van der Waals surface area contributed by atoms with Gasteiger partial charge in [-0.1, -0.05) is 0 Å². The third-order valence-electron chi connectivity index (χ3n) is 3.21. The molecule has 2 rings (SSSR count). The van der Waals surface area contributed by atoms with Crippen molar-refractivity contribution in [3.8, 4) is 5.75 Å². The number of sulfonamides is 1. The molecule has 1 N–H and O–H groups in total. The summed E-state index contributed by atoms with van der Waals surface area (Å²) >= 11 is 0. The number of ether oxygens (including phenoxy) is 1. The van der Waals surface area contributed by atoms with Crippen LogP contribution < -0.4 is 9.46 Å². The standard InChI is InChI=1S/C15H16FNO5S2/c1-22-13-4-8-14(9-5-13)23(18,19)11-10-17-24(20,21)15-6-2-12(16)3-7-15/h2-9,17H,10-11H2,1H3. The summed E-state index contributed by atoms with van der Waals surface area (Å²) < 4.78 is 68.3. The van der Waals surface area contributed by atoms with Crippen molar-refractivity contribution in [2.24, 2.45) is 0 Å². The molecule has 0 radical (unpaired) electrons. The molecule has 0 spiro atoms. The van der Waals surface area contributed by atoms with E-state index in [0.717, 1.165) is 24.3 Å². The molecule has 9 heteroatoms. The van der Waals surface area contributed by atoms with E-state index < -0.39 is 31.4 Å². The lowest BCUT2D eigenvalue weighted by Gasteiger charge is -2.08. The van der Waals surface area contributed by atoms with Crippen LogP contribution in [0.2, 0.25) is 0 Å². The minimum absolute atomic E-state index is 0.0734. The molecule has 0 aliphatic rings. The van der Waals surface area contributed by atoms with E-state index in [1.54, 1.807) is 0 Å². The van der Waals surface area contributed by atoms with Gasteiger partial charge in [-0.2, -0.15) is 0 Å². The smallest absolute Gasteiger partial charge is 0.240 e. The van der Waals surface area contributed by atoms with Gasteiger partial charge in [0.15, 0.2) is 9.84 Å². The molecule has 0 heterocycles. The lowest BCUT2D eigenvalue weighted by molar-refractivity contribution is 0.414. The van der Waals surface area contributed by atoms with Gasteiger partial charge in [-0.05, 0) is 48.5 Å². The Labute approximate surface area is 140 Å². The Morgan fingerprint density at radius 1 is 0.917 bits per heavy atom. The summed E-state index contributed by atoms with van der Waals surface area (Å²) in [5, 5.41) is 0. The molecule has 6 nitrogen and oxygen atoms in total. The largest absolute Gasteiger partial charge is 0.497 e. The molecule has 130 valence electrons. The van der Waals surface area contributed by atoms with Gasteiger partial charge in [0.1, 0.15) is 11.6 Å². The number of halogens is 1. The minimum Gasteiger partial charge on any atom is -0.497 e. The summed E-state index contributed by atoms with van der Waals surface area (Å²) in [4.78, 5) is -0.0602. The van der Waals surface area contributed by atoms with Gasteiger partial charge in [-0.15, -0.1) is 0 Å². The van der Waals surface area contributed by atoms with Gasteiger partial charge in [0.05, 0.1) is 22.7 Å². The summed E-state index contributed by atoms with van der Waals surface area (Å²) in [5.74, 6) is -0.443. The monoisotopic (exact) mass is 373 g/mol. The zero-order valence-electron chi connectivity index (χ0n) is 12.8. The molecule has 24 heavy (non-hydrogen) atoms. The number of benzene rings is 2. The van der Waals surface area contributed by atoms with Crippen LogP contribution in [0.5, 0.6) is 5.75 Å². The summed E-state index contributed by atoms with van der Waals surface area (Å²) in [6.07, 6.45) is 0. The molecular weight excluding hydrogens is 357 g/mol. The number of methoxy groups -OCH3 is 1. The van der Waals surface area contributed by atoms with Gasteiger partial charge in [0, 0.05) is 6.54 Å². The first kappa shape index (κ1) is 18.4. The highest BCUT2D eigenvalue weighted by Crippen LogP contribution is 2.16. The van der Waals surface area contributed by atoms with Crippen LogP contribution in [-0.4, -0.2) is 36.2 Å². The average Bonchev–Trinajstić information content (AvgIpc) is 2.55. The molecule has 0 bridgehead atoms. The van der Waals surface area contributed by atoms with Crippen LogP contribution in [0, 0.1) is 5.82 Å². The third kappa shape index (κ3) is 4.53. The van der Waals surface area contributed by atoms with Gasteiger partial charge in [-0.25, -0.2) is 25.9 Å². The SMILES string of the molecule is COc1ccc(S(=O)(=O)CCNS(=O)(=O)c2ccc(F)cc2)cc1. The first-order valence-electron chi connectivity index (χ1n) is 6.87. The molecule has 2 aromatic rings. The maximum Gasteiger partial charge on any atom is 0.240 e. The quantitative estimate of drug-likeness (QED) is 0.796. The summed E-state index contributed by atoms with van der Waals surface area (Å²) in [5.41, 5.74) is 0. The third-order valence-corrected chi connectivity index (χ3v) is 6.41. The first-order valence-corrected chi connectivity index (χ1v) is 10.0. The molecule has 0 saturated heterocycles. The van der Waals surface area contributed by atoms with Gasteiger partial charge >= 0.3 is 0 Å². The zero-order valence-corrected chi connectivity index (χ0v) is 14.4. The van der Waals surface area contributed by atoms with Crippen LogP contribution in [0.25, 0.3) is 0 Å². The van der Waals surface area contributed by atoms with E-state index in [-0.39, 0.29) is 16.3 Å². The second-order valence-electron chi connectivity index (χ2n) is 4.85. The van der Waals surface area contributed by atoms with Gasteiger partial charge < -0.3 is 4.74 Å². The van der Waals surface area contributed by atoms with Crippen molar-refractivity contribution >= 4 is 19.9 Å². The molecule has 0 aliphatic carbocycles. The Morgan fingerprint density at radius 3 is 2.00 bits per heavy atom. The van der Waals surface area contributed by atoms with Crippen molar-refractivity contribution in [2.45, 2.75) is 9.79 Å². The van der Waals surface area contributed by atoms with Crippen LogP contribution in [0.3, 0.4) is 0 Å². The molecular formula is C15H16FNO5S2. The van der Waals surface area contributed by atoms with E-state index >= 15 is 0 Å². The lowest BCUT2D eigenvalue weighted by Crippen LogP contribution is -2.29. The highest BCUT2D eigenvalue weighted by Gasteiger charge is 2.18. The number of hydrogen-bond donors (Lipinski definition) is 1. The maximum atomic E-state index is 12.8. The molecule has 0 fully saturated rings. The van der Waals surface area contributed by atoms with E-state index in [0.29, 0.717) is 5.75 Å². The van der Waals surface area contributed by atoms with Gasteiger partial charge in [0.2, 0.25) is 10.0 Å². The zero-order chi connectivity index (χ0) is 17.8. The van der Waals surface area contributed by atoms with E-state index in [1.807, 2.05) is 0 Å². The Balaban J connectivity index is 2.02. The fraction of sp³-hybridized carbons (Fsp3) is 0.200. The van der Waals surface area contributed by atoms with Gasteiger partial charge in [0.25, 0.3) is 0 Å². The van der Waals surface area contributed by atoms with Crippen molar-refractivity contribution < 1.29 is 26.0 Å². The topological polar surface area (TPSA) is 89.5 Å². The number of sulfone groups is 1. The number of hydrogen-bond acceptors (Lipinski definition) is 5. The number of rotatable bonds is 7. The van der Waals surface area contributed by atoms with Crippen LogP contribution in [0.4, 0.5) is 4.39 Å². The second-order valence-corrected chi connectivity index (χ2v) is 8.72. The van der Waals surface area contributed by atoms with Crippen LogP contribution in [0.15, 0.2) is 58.3 Å². The van der Waals surface area contributed by atoms with Crippen molar-refractivity contribution in [3.63, 3.8) is 0 Å². The molecule has 0 amide bonds. The fourth-order valence-corrected chi connectivity index (χ4v) is 4.23. The van der Waals surface area contributed by atoms with Crippen LogP contribution in [-0.2, 0) is 19.9 Å². The minimum atomic E-state index is -3.89. The molecule has 0 saturated carbocycles. The molecule has 0 atom stereocenters. The summed E-state index contributed by atoms with van der Waals surface area (Å²) in [6.45, 7) is -0.298. The van der Waals surface area contributed by atoms with Crippen LogP contribution >= 0.6 is 0 Å². The molecule has 0 aliphatic heterocycles. The Hall–Kier alpha value is -1.97. The van der Waals surface area contributed by atoms with E-state index in [2.05, 4.69) is 4.72 Å². The van der Waals surface area contributed by atoms with Crippen LogP contribution in [0.1, 0.15) is 0 Å². The predicted octanol–water partition coefficient (Wildman–Crippen LogP) is 1.59. The highest BCUT2D eigenvalue weighted by molar-refractivity contribution is 7.91. The summed E-state index contributed by atoms with van der Waals surface area (Å²) in [7, 11) is -6.07. The van der Waals surface area contributed by atoms with Gasteiger partial charge in [-0.3, -0.25) is 0 Å². The Morgan fingerprint density at radius 2 is 1.46 bits per heavy atom. The van der Waals surface area contributed by atoms with E-state index in [4.69, 9.17) is 4.74 Å². The fourth-order valence-electron chi connectivity index (χ4n) is 1.91.